The van der Waals surface area contributed by atoms with E-state index in [1.807, 2.05) is 0 Å². The highest BCUT2D eigenvalue weighted by Crippen LogP contribution is 2.36. The van der Waals surface area contributed by atoms with Gasteiger partial charge in [0.1, 0.15) is 17.0 Å². The number of nitrogens with one attached hydrogen (secondary N) is 1. The summed E-state index contributed by atoms with van der Waals surface area (Å²) in [5.74, 6) is -1.73. The number of esters is 1. The number of alkyl halides is 3. The van der Waals surface area contributed by atoms with Gasteiger partial charge in [-0.15, -0.1) is 11.3 Å². The summed E-state index contributed by atoms with van der Waals surface area (Å²) in [4.78, 5) is 37.5. The van der Waals surface area contributed by atoms with Crippen LogP contribution in [0.3, 0.4) is 0 Å². The van der Waals surface area contributed by atoms with E-state index in [0.717, 1.165) is 31.0 Å². The van der Waals surface area contributed by atoms with Crippen LogP contribution in [-0.2, 0) is 10.9 Å². The maximum absolute atomic E-state index is 13.1. The highest BCUT2D eigenvalue weighted by molar-refractivity contribution is 7.16. The second kappa shape index (κ2) is 9.26. The summed E-state index contributed by atoms with van der Waals surface area (Å²) < 4.78 is 45.3. The maximum Gasteiger partial charge on any atom is 0.433 e. The Bertz CT molecular complexity index is 1230. The number of carbonyl (C=O) groups is 2. The van der Waals surface area contributed by atoms with Gasteiger partial charge < -0.3 is 15.2 Å². The quantitative estimate of drug-likeness (QED) is 0.504. The van der Waals surface area contributed by atoms with Crippen molar-refractivity contribution in [3.05, 3.63) is 46.9 Å². The fourth-order valence-corrected chi connectivity index (χ4v) is 4.71. The van der Waals surface area contributed by atoms with Gasteiger partial charge in [-0.05, 0) is 56.7 Å². The average molecular weight is 494 g/mol. The number of aliphatic hydroxyl groups excluding tert-OH is 1. The van der Waals surface area contributed by atoms with E-state index in [1.54, 1.807) is 6.92 Å². The molecule has 0 saturated heterocycles. The van der Waals surface area contributed by atoms with E-state index in [2.05, 4.69) is 20.3 Å². The molecule has 34 heavy (non-hydrogen) atoms. The minimum atomic E-state index is -4.71. The normalized spacial score (nSPS) is 20.8. The first-order valence-corrected chi connectivity index (χ1v) is 11.4. The van der Waals surface area contributed by atoms with Crippen LogP contribution in [-0.4, -0.2) is 44.1 Å². The lowest BCUT2D eigenvalue weighted by Crippen LogP contribution is -2.38. The molecule has 1 aliphatic carbocycles. The van der Waals surface area contributed by atoms with Gasteiger partial charge in [0, 0.05) is 6.61 Å². The van der Waals surface area contributed by atoms with Crippen molar-refractivity contribution in [3.8, 4) is 0 Å². The van der Waals surface area contributed by atoms with Gasteiger partial charge in [0.2, 0.25) is 0 Å². The number of hydrogen-bond acceptors (Lipinski definition) is 8. The standard InChI is InChI=1S/C22H21F3N4O4S/c1-21(7-3-4-12(9-21)10-30)33-20(32)17-14(8-15-18(29-17)26-11-34-15)28-19(31)13-5-2-6-16(27-13)22(23,24)25/h2,5-6,8,11-12,30H,3-4,7,9-10H2,1H3,(H,28,31). The third kappa shape index (κ3) is 5.17. The summed E-state index contributed by atoms with van der Waals surface area (Å²) in [5.41, 5.74) is -0.959. The van der Waals surface area contributed by atoms with Gasteiger partial charge in [-0.3, -0.25) is 4.79 Å². The van der Waals surface area contributed by atoms with Gasteiger partial charge in [0.05, 0.1) is 15.9 Å². The maximum atomic E-state index is 13.1. The molecule has 0 bridgehead atoms. The van der Waals surface area contributed by atoms with Crippen molar-refractivity contribution in [2.75, 3.05) is 11.9 Å². The molecule has 1 amide bonds. The number of rotatable bonds is 5. The van der Waals surface area contributed by atoms with Gasteiger partial charge in [-0.25, -0.2) is 19.7 Å². The lowest BCUT2D eigenvalue weighted by molar-refractivity contribution is -0.141. The molecule has 180 valence electrons. The molecule has 2 unspecified atom stereocenters. The van der Waals surface area contributed by atoms with Crippen LogP contribution in [0.4, 0.5) is 18.9 Å². The third-order valence-electron chi connectivity index (χ3n) is 5.67. The predicted octanol–water partition coefficient (Wildman–Crippen LogP) is 4.46. The Morgan fingerprint density at radius 2 is 2.12 bits per heavy atom. The Hall–Kier alpha value is -3.12. The minimum absolute atomic E-state index is 0.00619. The van der Waals surface area contributed by atoms with Crippen LogP contribution < -0.4 is 5.32 Å². The minimum Gasteiger partial charge on any atom is -0.455 e. The van der Waals surface area contributed by atoms with Crippen molar-refractivity contribution in [3.63, 3.8) is 0 Å². The number of nitrogens with zero attached hydrogens (tertiary/aromatic N) is 3. The molecular weight excluding hydrogens is 473 g/mol. The number of pyridine rings is 2. The van der Waals surface area contributed by atoms with E-state index in [9.17, 15) is 27.9 Å². The molecule has 3 aromatic heterocycles. The second-order valence-corrected chi connectivity index (χ2v) is 9.29. The smallest absolute Gasteiger partial charge is 0.433 e. The Kier molecular flexibility index (Phi) is 6.54. The molecule has 3 heterocycles. The fourth-order valence-electron chi connectivity index (χ4n) is 4.05. The lowest BCUT2D eigenvalue weighted by Gasteiger charge is -2.37. The van der Waals surface area contributed by atoms with Gasteiger partial charge in [-0.2, -0.15) is 13.2 Å². The number of fused-ring (bicyclic) bond motifs is 1. The molecule has 4 rings (SSSR count). The largest absolute Gasteiger partial charge is 0.455 e. The SMILES string of the molecule is CC1(OC(=O)c2nc3ncsc3cc2NC(=O)c2cccc(C(F)(F)F)n2)CCCC(CO)C1. The van der Waals surface area contributed by atoms with Crippen LogP contribution >= 0.6 is 11.3 Å². The van der Waals surface area contributed by atoms with Crippen molar-refractivity contribution in [2.45, 2.75) is 44.4 Å². The van der Waals surface area contributed by atoms with Gasteiger partial charge in [0.15, 0.2) is 11.3 Å². The summed E-state index contributed by atoms with van der Waals surface area (Å²) in [6, 6.07) is 4.45. The van der Waals surface area contributed by atoms with E-state index in [-0.39, 0.29) is 29.6 Å². The number of carbonyl (C=O) groups excluding carboxylic acids is 2. The first-order chi connectivity index (χ1) is 16.1. The number of amides is 1. The number of thiazole rings is 1. The second-order valence-electron chi connectivity index (χ2n) is 8.40. The van der Waals surface area contributed by atoms with Crippen molar-refractivity contribution in [1.82, 2.24) is 15.0 Å². The first-order valence-electron chi connectivity index (χ1n) is 10.5. The van der Waals surface area contributed by atoms with Crippen molar-refractivity contribution >= 4 is 39.2 Å². The number of halogens is 3. The molecule has 0 radical (unpaired) electrons. The molecule has 1 saturated carbocycles. The molecule has 8 nitrogen and oxygen atoms in total. The molecule has 0 aliphatic heterocycles. The monoisotopic (exact) mass is 494 g/mol. The van der Waals surface area contributed by atoms with Gasteiger partial charge in [0.25, 0.3) is 5.91 Å². The van der Waals surface area contributed by atoms with E-state index < -0.39 is 35.0 Å². The zero-order valence-electron chi connectivity index (χ0n) is 18.1. The summed E-state index contributed by atoms with van der Waals surface area (Å²) in [6.45, 7) is 1.76. The van der Waals surface area contributed by atoms with E-state index >= 15 is 0 Å². The predicted molar refractivity (Wildman–Crippen MR) is 117 cm³/mol. The Balaban J connectivity index is 1.63. The Morgan fingerprint density at radius 1 is 1.32 bits per heavy atom. The van der Waals surface area contributed by atoms with Crippen LogP contribution in [0.1, 0.15) is 59.3 Å². The molecule has 12 heteroatoms. The highest BCUT2D eigenvalue weighted by Gasteiger charge is 2.37. The zero-order valence-corrected chi connectivity index (χ0v) is 18.9. The Morgan fingerprint density at radius 3 is 2.85 bits per heavy atom. The molecule has 2 atom stereocenters. The number of aromatic nitrogens is 3. The number of ether oxygens (including phenoxy) is 1. The van der Waals surface area contributed by atoms with Gasteiger partial charge >= 0.3 is 12.1 Å². The molecule has 1 fully saturated rings. The van der Waals surface area contributed by atoms with Crippen molar-refractivity contribution in [1.29, 1.82) is 0 Å². The number of aliphatic hydroxyl groups is 1. The van der Waals surface area contributed by atoms with E-state index in [1.165, 1.54) is 22.9 Å². The summed E-state index contributed by atoms with van der Waals surface area (Å²) in [5, 5.41) is 12.0. The van der Waals surface area contributed by atoms with Crippen LogP contribution in [0.15, 0.2) is 29.8 Å². The summed E-state index contributed by atoms with van der Waals surface area (Å²) in [6.07, 6.45) is -2.03. The molecule has 0 aromatic carbocycles. The fraction of sp³-hybridized carbons (Fsp3) is 0.409. The molecular formula is C22H21F3N4O4S. The molecule has 3 aromatic rings. The first kappa shape index (κ1) is 24.0. The van der Waals surface area contributed by atoms with Crippen LogP contribution in [0.25, 0.3) is 10.3 Å². The van der Waals surface area contributed by atoms with E-state index in [0.29, 0.717) is 17.5 Å². The van der Waals surface area contributed by atoms with Crippen LogP contribution in [0, 0.1) is 5.92 Å². The summed E-state index contributed by atoms with van der Waals surface area (Å²) in [7, 11) is 0. The third-order valence-corrected chi connectivity index (χ3v) is 6.44. The van der Waals surface area contributed by atoms with Gasteiger partial charge in [-0.1, -0.05) is 6.07 Å². The molecule has 1 aliphatic rings. The highest BCUT2D eigenvalue weighted by atomic mass is 32.1. The van der Waals surface area contributed by atoms with E-state index in [4.69, 9.17) is 4.74 Å². The Labute approximate surface area is 196 Å². The topological polar surface area (TPSA) is 114 Å². The molecule has 0 spiro atoms. The number of anilines is 1. The van der Waals surface area contributed by atoms with Crippen LogP contribution in [0.2, 0.25) is 0 Å². The van der Waals surface area contributed by atoms with Crippen molar-refractivity contribution in [2.24, 2.45) is 5.92 Å². The lowest BCUT2D eigenvalue weighted by atomic mass is 9.79. The average Bonchev–Trinajstić information content (AvgIpc) is 3.25. The van der Waals surface area contributed by atoms with Crippen molar-refractivity contribution < 1.29 is 32.6 Å². The summed E-state index contributed by atoms with van der Waals surface area (Å²) >= 11 is 1.22. The zero-order chi connectivity index (χ0) is 24.5. The molecule has 2 N–H and O–H groups in total. The number of hydrogen-bond donors (Lipinski definition) is 2. The van der Waals surface area contributed by atoms with Crippen LogP contribution in [0.5, 0.6) is 0 Å².